The quantitative estimate of drug-likeness (QED) is 0.389. The molecule has 0 saturated carbocycles. The van der Waals surface area contributed by atoms with Gasteiger partial charge in [-0.05, 0) is 32.0 Å². The molecule has 0 bridgehead atoms. The SMILES string of the molecule is COc1ccc([N+](=O)[O-])cc1NC(=O)[C@@H](C)OC(=O)CCOc1ccc(C)cc1. The number of benzene rings is 2. The number of carbonyl (C=O) groups excluding carboxylic acids is 2. The fourth-order valence-corrected chi connectivity index (χ4v) is 2.34. The van der Waals surface area contributed by atoms with Gasteiger partial charge in [0.1, 0.15) is 11.5 Å². The Kier molecular flexibility index (Phi) is 7.53. The van der Waals surface area contributed by atoms with E-state index < -0.39 is 22.9 Å². The summed E-state index contributed by atoms with van der Waals surface area (Å²) >= 11 is 0. The molecule has 0 unspecified atom stereocenters. The highest BCUT2D eigenvalue weighted by atomic mass is 16.6. The number of nitrogens with one attached hydrogen (secondary N) is 1. The van der Waals surface area contributed by atoms with Crippen LogP contribution in [0.5, 0.6) is 11.5 Å². The molecule has 1 atom stereocenters. The molecule has 29 heavy (non-hydrogen) atoms. The molecule has 1 N–H and O–H groups in total. The van der Waals surface area contributed by atoms with Crippen molar-refractivity contribution in [2.45, 2.75) is 26.4 Å². The van der Waals surface area contributed by atoms with Gasteiger partial charge in [-0.3, -0.25) is 19.7 Å². The molecule has 0 aliphatic rings. The lowest BCUT2D eigenvalue weighted by Gasteiger charge is -2.15. The number of rotatable bonds is 9. The van der Waals surface area contributed by atoms with Gasteiger partial charge in [-0.1, -0.05) is 17.7 Å². The van der Waals surface area contributed by atoms with Crippen LogP contribution in [0.3, 0.4) is 0 Å². The van der Waals surface area contributed by atoms with E-state index in [-0.39, 0.29) is 30.2 Å². The molecule has 0 spiro atoms. The van der Waals surface area contributed by atoms with Gasteiger partial charge in [-0.2, -0.15) is 0 Å². The lowest BCUT2D eigenvalue weighted by atomic mass is 10.2. The minimum Gasteiger partial charge on any atom is -0.495 e. The second kappa shape index (κ2) is 10.1. The zero-order valence-corrected chi connectivity index (χ0v) is 16.3. The molecule has 2 aromatic rings. The molecule has 9 heteroatoms. The van der Waals surface area contributed by atoms with E-state index >= 15 is 0 Å². The van der Waals surface area contributed by atoms with Gasteiger partial charge in [0.05, 0.1) is 30.7 Å². The van der Waals surface area contributed by atoms with Crippen LogP contribution in [-0.2, 0) is 14.3 Å². The summed E-state index contributed by atoms with van der Waals surface area (Å²) in [6.45, 7) is 3.46. The van der Waals surface area contributed by atoms with Crippen molar-refractivity contribution in [3.05, 3.63) is 58.1 Å². The first-order chi connectivity index (χ1) is 13.8. The number of hydrogen-bond donors (Lipinski definition) is 1. The van der Waals surface area contributed by atoms with Crippen molar-refractivity contribution in [3.63, 3.8) is 0 Å². The highest BCUT2D eigenvalue weighted by molar-refractivity contribution is 5.96. The third-order valence-electron chi connectivity index (χ3n) is 3.93. The van der Waals surface area contributed by atoms with Crippen LogP contribution in [0.2, 0.25) is 0 Å². The van der Waals surface area contributed by atoms with E-state index in [9.17, 15) is 19.7 Å². The predicted molar refractivity (Wildman–Crippen MR) is 105 cm³/mol. The monoisotopic (exact) mass is 402 g/mol. The Morgan fingerprint density at radius 3 is 2.48 bits per heavy atom. The average Bonchev–Trinajstić information content (AvgIpc) is 2.69. The Labute approximate surface area is 167 Å². The Balaban J connectivity index is 1.86. The molecule has 0 heterocycles. The minimum atomic E-state index is -1.11. The summed E-state index contributed by atoms with van der Waals surface area (Å²) in [6.07, 6.45) is -1.14. The maximum Gasteiger partial charge on any atom is 0.310 e. The number of nitro benzene ring substituents is 1. The number of nitrogens with zero attached hydrogens (tertiary/aromatic N) is 1. The van der Waals surface area contributed by atoms with Crippen LogP contribution < -0.4 is 14.8 Å². The summed E-state index contributed by atoms with van der Waals surface area (Å²) in [5.41, 5.74) is 0.994. The summed E-state index contributed by atoms with van der Waals surface area (Å²) in [6, 6.07) is 11.2. The molecule has 0 aliphatic heterocycles. The van der Waals surface area contributed by atoms with Gasteiger partial charge >= 0.3 is 5.97 Å². The zero-order chi connectivity index (χ0) is 21.4. The van der Waals surface area contributed by atoms with Gasteiger partial charge in [0, 0.05) is 12.1 Å². The summed E-state index contributed by atoms with van der Waals surface area (Å²) in [5.74, 6) is -0.372. The van der Waals surface area contributed by atoms with E-state index in [1.165, 1.54) is 32.2 Å². The molecule has 0 aromatic heterocycles. The number of hydrogen-bond acceptors (Lipinski definition) is 7. The highest BCUT2D eigenvalue weighted by Gasteiger charge is 2.20. The molecule has 0 radical (unpaired) electrons. The van der Waals surface area contributed by atoms with E-state index in [1.807, 2.05) is 19.1 Å². The Morgan fingerprint density at radius 1 is 1.17 bits per heavy atom. The van der Waals surface area contributed by atoms with Crippen molar-refractivity contribution in [3.8, 4) is 11.5 Å². The van der Waals surface area contributed by atoms with Gasteiger partial charge in [0.25, 0.3) is 11.6 Å². The zero-order valence-electron chi connectivity index (χ0n) is 16.3. The van der Waals surface area contributed by atoms with Gasteiger partial charge in [-0.25, -0.2) is 0 Å². The average molecular weight is 402 g/mol. The number of esters is 1. The highest BCUT2D eigenvalue weighted by Crippen LogP contribution is 2.29. The molecule has 0 fully saturated rings. The van der Waals surface area contributed by atoms with Crippen LogP contribution in [0.15, 0.2) is 42.5 Å². The lowest BCUT2D eigenvalue weighted by Crippen LogP contribution is -2.30. The number of non-ortho nitro benzene ring substituents is 1. The maximum absolute atomic E-state index is 12.3. The number of methoxy groups -OCH3 is 1. The Bertz CT molecular complexity index is 881. The number of aryl methyl sites for hydroxylation is 1. The maximum atomic E-state index is 12.3. The molecule has 0 saturated heterocycles. The van der Waals surface area contributed by atoms with Crippen LogP contribution in [0.4, 0.5) is 11.4 Å². The van der Waals surface area contributed by atoms with Crippen molar-refractivity contribution in [2.75, 3.05) is 19.0 Å². The van der Waals surface area contributed by atoms with Gasteiger partial charge in [0.2, 0.25) is 0 Å². The van der Waals surface area contributed by atoms with E-state index in [0.29, 0.717) is 5.75 Å². The topological polar surface area (TPSA) is 117 Å². The van der Waals surface area contributed by atoms with Crippen molar-refractivity contribution >= 4 is 23.3 Å². The second-order valence-electron chi connectivity index (χ2n) is 6.17. The molecular weight excluding hydrogens is 380 g/mol. The molecule has 1 amide bonds. The smallest absolute Gasteiger partial charge is 0.310 e. The first kappa shape index (κ1) is 21.7. The van der Waals surface area contributed by atoms with E-state index in [2.05, 4.69) is 5.32 Å². The third kappa shape index (κ3) is 6.49. The molecule has 9 nitrogen and oxygen atoms in total. The van der Waals surface area contributed by atoms with Crippen LogP contribution in [0, 0.1) is 17.0 Å². The number of carbonyl (C=O) groups is 2. The van der Waals surface area contributed by atoms with Crippen LogP contribution >= 0.6 is 0 Å². The van der Waals surface area contributed by atoms with Crippen molar-refractivity contribution in [1.29, 1.82) is 0 Å². The number of amides is 1. The normalized spacial score (nSPS) is 11.3. The number of ether oxygens (including phenoxy) is 3. The van der Waals surface area contributed by atoms with Crippen molar-refractivity contribution < 1.29 is 28.7 Å². The summed E-state index contributed by atoms with van der Waals surface area (Å²) < 4.78 is 15.6. The third-order valence-corrected chi connectivity index (χ3v) is 3.93. The molecular formula is C20H22N2O7. The molecule has 2 rings (SSSR count). The largest absolute Gasteiger partial charge is 0.495 e. The Hall–Kier alpha value is -3.62. The summed E-state index contributed by atoms with van der Waals surface area (Å²) in [7, 11) is 1.37. The number of anilines is 1. The fourth-order valence-electron chi connectivity index (χ4n) is 2.34. The van der Waals surface area contributed by atoms with E-state index in [0.717, 1.165) is 5.56 Å². The van der Waals surface area contributed by atoms with Gasteiger partial charge in [-0.15, -0.1) is 0 Å². The number of nitro groups is 1. The van der Waals surface area contributed by atoms with E-state index in [1.54, 1.807) is 12.1 Å². The van der Waals surface area contributed by atoms with Crippen LogP contribution in [-0.4, -0.2) is 36.6 Å². The lowest BCUT2D eigenvalue weighted by molar-refractivity contribution is -0.384. The standard InChI is InChI=1S/C20H22N2O7/c1-13-4-7-16(8-5-13)28-11-10-19(23)29-14(2)20(24)21-17-12-15(22(25)26)6-9-18(17)27-3/h4-9,12,14H,10-11H2,1-3H3,(H,21,24)/t14-/m1/s1. The van der Waals surface area contributed by atoms with Crippen molar-refractivity contribution in [2.24, 2.45) is 0 Å². The second-order valence-corrected chi connectivity index (χ2v) is 6.17. The van der Waals surface area contributed by atoms with Gasteiger partial charge < -0.3 is 19.5 Å². The van der Waals surface area contributed by atoms with Crippen molar-refractivity contribution in [1.82, 2.24) is 0 Å². The predicted octanol–water partition coefficient (Wildman–Crippen LogP) is 3.25. The first-order valence-electron chi connectivity index (χ1n) is 8.82. The fraction of sp³-hybridized carbons (Fsp3) is 0.300. The molecule has 2 aromatic carbocycles. The first-order valence-corrected chi connectivity index (χ1v) is 8.82. The molecule has 154 valence electrons. The molecule has 0 aliphatic carbocycles. The minimum absolute atomic E-state index is 0.0361. The summed E-state index contributed by atoms with van der Waals surface area (Å²) in [5, 5.41) is 13.4. The van der Waals surface area contributed by atoms with E-state index in [4.69, 9.17) is 14.2 Å². The van der Waals surface area contributed by atoms with Gasteiger partial charge in [0.15, 0.2) is 6.10 Å². The van der Waals surface area contributed by atoms with Crippen LogP contribution in [0.25, 0.3) is 0 Å². The Morgan fingerprint density at radius 2 is 1.86 bits per heavy atom. The van der Waals surface area contributed by atoms with Crippen LogP contribution in [0.1, 0.15) is 18.9 Å². The summed E-state index contributed by atoms with van der Waals surface area (Å²) in [4.78, 5) is 34.5.